The van der Waals surface area contributed by atoms with Gasteiger partial charge in [-0.25, -0.2) is 4.79 Å². The Morgan fingerprint density at radius 3 is 2.41 bits per heavy atom. The van der Waals surface area contributed by atoms with Gasteiger partial charge in [0.15, 0.2) is 0 Å². The molecule has 1 amide bonds. The molecule has 2 aromatic rings. The Morgan fingerprint density at radius 1 is 1.14 bits per heavy atom. The molecule has 0 bridgehead atoms. The van der Waals surface area contributed by atoms with Crippen LogP contribution in [-0.4, -0.2) is 41.4 Å². The lowest BCUT2D eigenvalue weighted by molar-refractivity contribution is -0.139. The number of thiol groups is 1. The van der Waals surface area contributed by atoms with Crippen LogP contribution in [0.2, 0.25) is 0 Å². The van der Waals surface area contributed by atoms with E-state index >= 15 is 0 Å². The van der Waals surface area contributed by atoms with E-state index in [2.05, 4.69) is 23.3 Å². The van der Waals surface area contributed by atoms with Crippen LogP contribution in [-0.2, 0) is 4.79 Å². The first-order valence-electron chi connectivity index (χ1n) is 9.65. The van der Waals surface area contributed by atoms with E-state index in [-0.39, 0.29) is 12.0 Å². The molecule has 29 heavy (non-hydrogen) atoms. The molecule has 0 saturated carbocycles. The van der Waals surface area contributed by atoms with E-state index in [1.807, 2.05) is 50.2 Å². The van der Waals surface area contributed by atoms with Crippen LogP contribution < -0.4 is 16.4 Å². The maximum atomic E-state index is 12.9. The van der Waals surface area contributed by atoms with Gasteiger partial charge in [-0.15, -0.1) is 0 Å². The number of carboxylic acids is 1. The summed E-state index contributed by atoms with van der Waals surface area (Å²) < 4.78 is 0. The average Bonchev–Trinajstić information content (AvgIpc) is 2.71. The topological polar surface area (TPSA) is 104 Å². The summed E-state index contributed by atoms with van der Waals surface area (Å²) in [6.45, 7) is 4.40. The predicted molar refractivity (Wildman–Crippen MR) is 121 cm³/mol. The van der Waals surface area contributed by atoms with Gasteiger partial charge in [0.25, 0.3) is 5.91 Å². The van der Waals surface area contributed by atoms with Crippen molar-refractivity contribution in [2.75, 3.05) is 17.6 Å². The van der Waals surface area contributed by atoms with Crippen LogP contribution in [0.15, 0.2) is 48.5 Å². The third-order valence-corrected chi connectivity index (χ3v) is 4.93. The molecule has 0 fully saturated rings. The standard InChI is InChI=1S/C22H29N3O3S/c1-14(2)10-20(22(27)28)25-21(26)18-9-8-17(24-12-16(23)13-29)11-19(18)15-6-4-3-5-7-15/h3-9,11,14,16,20,24,29H,10,12-13,23H2,1-2H3,(H,25,26)(H,27,28)/t16?,20-/m0/s1. The molecule has 0 aromatic heterocycles. The number of nitrogens with two attached hydrogens (primary N) is 1. The van der Waals surface area contributed by atoms with Crippen molar-refractivity contribution >= 4 is 30.2 Å². The summed E-state index contributed by atoms with van der Waals surface area (Å²) in [6, 6.07) is 13.9. The van der Waals surface area contributed by atoms with E-state index in [1.165, 1.54) is 0 Å². The fraction of sp³-hybridized carbons (Fsp3) is 0.364. The van der Waals surface area contributed by atoms with E-state index < -0.39 is 17.9 Å². The molecule has 0 aliphatic rings. The highest BCUT2D eigenvalue weighted by Gasteiger charge is 2.23. The molecular weight excluding hydrogens is 386 g/mol. The van der Waals surface area contributed by atoms with Crippen molar-refractivity contribution in [1.82, 2.24) is 5.32 Å². The van der Waals surface area contributed by atoms with Crippen LogP contribution in [0.1, 0.15) is 30.6 Å². The Morgan fingerprint density at radius 2 is 1.83 bits per heavy atom. The smallest absolute Gasteiger partial charge is 0.326 e. The Bertz CT molecular complexity index is 827. The number of benzene rings is 2. The molecule has 0 saturated heterocycles. The highest BCUT2D eigenvalue weighted by Crippen LogP contribution is 2.27. The summed E-state index contributed by atoms with van der Waals surface area (Å²) in [5.74, 6) is -0.735. The monoisotopic (exact) mass is 415 g/mol. The number of carbonyl (C=O) groups excluding carboxylic acids is 1. The van der Waals surface area contributed by atoms with Crippen LogP contribution in [0.4, 0.5) is 5.69 Å². The Kier molecular flexibility index (Phi) is 8.54. The molecule has 0 aliphatic carbocycles. The number of aliphatic carboxylic acids is 1. The fourth-order valence-electron chi connectivity index (χ4n) is 2.95. The number of hydrogen-bond donors (Lipinski definition) is 5. The summed E-state index contributed by atoms with van der Waals surface area (Å²) in [7, 11) is 0. The molecule has 1 unspecified atom stereocenters. The molecule has 2 atom stereocenters. The number of amides is 1. The van der Waals surface area contributed by atoms with Gasteiger partial charge in [-0.05, 0) is 41.7 Å². The van der Waals surface area contributed by atoms with Crippen molar-refractivity contribution in [3.8, 4) is 11.1 Å². The van der Waals surface area contributed by atoms with Crippen LogP contribution >= 0.6 is 12.6 Å². The Balaban J connectivity index is 2.34. The molecule has 0 heterocycles. The predicted octanol–water partition coefficient (Wildman–Crippen LogP) is 3.25. The summed E-state index contributed by atoms with van der Waals surface area (Å²) in [6.07, 6.45) is 0.364. The zero-order valence-corrected chi connectivity index (χ0v) is 17.7. The normalized spacial score (nSPS) is 13.0. The molecule has 2 rings (SSSR count). The first-order chi connectivity index (χ1) is 13.8. The van der Waals surface area contributed by atoms with Crippen LogP contribution in [0.25, 0.3) is 11.1 Å². The number of anilines is 1. The number of rotatable bonds is 10. The minimum Gasteiger partial charge on any atom is -0.480 e. The van der Waals surface area contributed by atoms with Gasteiger partial charge in [0.05, 0.1) is 0 Å². The molecule has 0 aliphatic heterocycles. The van der Waals surface area contributed by atoms with Gasteiger partial charge in [0.2, 0.25) is 0 Å². The number of carboxylic acid groups (broad SMARTS) is 1. The maximum Gasteiger partial charge on any atom is 0.326 e. The third kappa shape index (κ3) is 6.80. The van der Waals surface area contributed by atoms with E-state index in [0.717, 1.165) is 16.8 Å². The molecule has 7 heteroatoms. The zero-order valence-electron chi connectivity index (χ0n) is 16.8. The molecule has 156 valence electrons. The van der Waals surface area contributed by atoms with Gasteiger partial charge in [-0.3, -0.25) is 4.79 Å². The SMILES string of the molecule is CC(C)C[C@H](NC(=O)c1ccc(NCC(N)CS)cc1-c1ccccc1)C(=O)O. The Labute approximate surface area is 177 Å². The molecule has 0 radical (unpaired) electrons. The maximum absolute atomic E-state index is 12.9. The Hall–Kier alpha value is -2.51. The van der Waals surface area contributed by atoms with Crippen molar-refractivity contribution in [1.29, 1.82) is 0 Å². The second kappa shape index (κ2) is 10.9. The quantitative estimate of drug-likeness (QED) is 0.383. The fourth-order valence-corrected chi connectivity index (χ4v) is 3.08. The zero-order chi connectivity index (χ0) is 21.4. The summed E-state index contributed by atoms with van der Waals surface area (Å²) in [5.41, 5.74) is 8.76. The van der Waals surface area contributed by atoms with Gasteiger partial charge >= 0.3 is 5.97 Å². The van der Waals surface area contributed by atoms with Crippen molar-refractivity contribution in [2.45, 2.75) is 32.4 Å². The minimum atomic E-state index is -1.03. The van der Waals surface area contributed by atoms with E-state index in [4.69, 9.17) is 5.73 Å². The highest BCUT2D eigenvalue weighted by atomic mass is 32.1. The highest BCUT2D eigenvalue weighted by molar-refractivity contribution is 7.80. The van der Waals surface area contributed by atoms with Crippen LogP contribution in [0.5, 0.6) is 0 Å². The second-order valence-electron chi connectivity index (χ2n) is 7.44. The summed E-state index contributed by atoms with van der Waals surface area (Å²) in [4.78, 5) is 24.5. The summed E-state index contributed by atoms with van der Waals surface area (Å²) in [5, 5.41) is 15.4. The molecular formula is C22H29N3O3S. The van der Waals surface area contributed by atoms with Gasteiger partial charge in [0, 0.05) is 29.6 Å². The lowest BCUT2D eigenvalue weighted by Gasteiger charge is -2.19. The van der Waals surface area contributed by atoms with Crippen LogP contribution in [0.3, 0.4) is 0 Å². The minimum absolute atomic E-state index is 0.0890. The molecule has 6 nitrogen and oxygen atoms in total. The van der Waals surface area contributed by atoms with Gasteiger partial charge in [-0.1, -0.05) is 44.2 Å². The van der Waals surface area contributed by atoms with Gasteiger partial charge < -0.3 is 21.5 Å². The van der Waals surface area contributed by atoms with Crippen molar-refractivity contribution < 1.29 is 14.7 Å². The largest absolute Gasteiger partial charge is 0.480 e. The van der Waals surface area contributed by atoms with E-state index in [1.54, 1.807) is 12.1 Å². The van der Waals surface area contributed by atoms with Gasteiger partial charge in [0.1, 0.15) is 6.04 Å². The average molecular weight is 416 g/mol. The molecule has 0 spiro atoms. The molecule has 5 N–H and O–H groups in total. The number of carbonyl (C=O) groups is 2. The van der Waals surface area contributed by atoms with Crippen molar-refractivity contribution in [3.05, 3.63) is 54.1 Å². The van der Waals surface area contributed by atoms with E-state index in [0.29, 0.717) is 24.3 Å². The second-order valence-corrected chi connectivity index (χ2v) is 7.81. The first kappa shape index (κ1) is 22.8. The number of hydrogen-bond acceptors (Lipinski definition) is 5. The first-order valence-corrected chi connectivity index (χ1v) is 10.3. The lowest BCUT2D eigenvalue weighted by Crippen LogP contribution is -2.41. The van der Waals surface area contributed by atoms with E-state index in [9.17, 15) is 14.7 Å². The summed E-state index contributed by atoms with van der Waals surface area (Å²) >= 11 is 4.19. The van der Waals surface area contributed by atoms with Gasteiger partial charge in [-0.2, -0.15) is 12.6 Å². The number of nitrogens with one attached hydrogen (secondary N) is 2. The van der Waals surface area contributed by atoms with Crippen LogP contribution in [0, 0.1) is 5.92 Å². The molecule has 2 aromatic carbocycles. The van der Waals surface area contributed by atoms with Crippen molar-refractivity contribution in [2.24, 2.45) is 11.7 Å². The van der Waals surface area contributed by atoms with Crippen molar-refractivity contribution in [3.63, 3.8) is 0 Å². The third-order valence-electron chi connectivity index (χ3n) is 4.46. The lowest BCUT2D eigenvalue weighted by atomic mass is 9.97.